The van der Waals surface area contributed by atoms with E-state index < -0.39 is 0 Å². The summed E-state index contributed by atoms with van der Waals surface area (Å²) in [6.07, 6.45) is 4.80. The molecule has 0 saturated carbocycles. The average Bonchev–Trinajstić information content (AvgIpc) is 3.14. The number of rotatable bonds is 7. The number of aromatic nitrogens is 4. The van der Waals surface area contributed by atoms with Gasteiger partial charge in [-0.25, -0.2) is 14.4 Å². The molecule has 0 aliphatic carbocycles. The fourth-order valence-corrected chi connectivity index (χ4v) is 3.16. The fourth-order valence-electron chi connectivity index (χ4n) is 3.16. The molecule has 0 unspecified atom stereocenters. The van der Waals surface area contributed by atoms with E-state index >= 15 is 0 Å². The fraction of sp³-hybridized carbons (Fsp3) is 0.143. The molecular weight excluding hydrogens is 385 g/mol. The maximum atomic E-state index is 13.5. The van der Waals surface area contributed by atoms with Crippen LogP contribution in [-0.4, -0.2) is 40.1 Å². The monoisotopic (exact) mass is 405 g/mol. The van der Waals surface area contributed by atoms with Crippen molar-refractivity contribution < 1.29 is 9.23 Å². The highest BCUT2D eigenvalue weighted by atomic mass is 19.1. The molecule has 2 heterocycles. The van der Waals surface area contributed by atoms with E-state index in [-0.39, 0.29) is 5.82 Å². The Morgan fingerprint density at radius 1 is 1.17 bits per heavy atom. The molecule has 152 valence electrons. The lowest BCUT2D eigenvalue weighted by atomic mass is 10.2. The summed E-state index contributed by atoms with van der Waals surface area (Å²) in [5, 5.41) is 15.5. The number of nitrogens with one attached hydrogen (secondary N) is 2. The third-order valence-electron chi connectivity index (χ3n) is 4.53. The summed E-state index contributed by atoms with van der Waals surface area (Å²) in [7, 11) is 3.25. The van der Waals surface area contributed by atoms with Gasteiger partial charge >= 0.3 is 0 Å². The Morgan fingerprint density at radius 3 is 2.83 bits per heavy atom. The predicted molar refractivity (Wildman–Crippen MR) is 115 cm³/mol. The molecule has 0 atom stereocenters. The van der Waals surface area contributed by atoms with Crippen LogP contribution in [0.5, 0.6) is 0 Å². The van der Waals surface area contributed by atoms with E-state index in [1.54, 1.807) is 25.5 Å². The van der Waals surface area contributed by atoms with Crippen LogP contribution in [0, 0.1) is 5.82 Å². The Bertz CT molecular complexity index is 1210. The van der Waals surface area contributed by atoms with Crippen LogP contribution in [0.4, 0.5) is 21.7 Å². The maximum Gasteiger partial charge on any atom is 0.144 e. The van der Waals surface area contributed by atoms with Crippen LogP contribution >= 0.6 is 0 Å². The first-order valence-electron chi connectivity index (χ1n) is 9.24. The van der Waals surface area contributed by atoms with Gasteiger partial charge in [-0.05, 0) is 35.9 Å². The van der Waals surface area contributed by atoms with Crippen LogP contribution in [0.3, 0.4) is 0 Å². The molecule has 0 saturated heterocycles. The molecule has 2 N–H and O–H groups in total. The Labute approximate surface area is 172 Å². The molecule has 0 amide bonds. The second-order valence-electron chi connectivity index (χ2n) is 6.48. The van der Waals surface area contributed by atoms with Gasteiger partial charge in [0.25, 0.3) is 0 Å². The molecule has 0 spiro atoms. The number of hydrogen-bond donors (Lipinski definition) is 2. The minimum absolute atomic E-state index is 0.256. The molecule has 0 fully saturated rings. The van der Waals surface area contributed by atoms with Gasteiger partial charge in [-0.1, -0.05) is 17.3 Å². The smallest absolute Gasteiger partial charge is 0.144 e. The number of oxime groups is 1. The third-order valence-corrected chi connectivity index (χ3v) is 4.53. The zero-order valence-corrected chi connectivity index (χ0v) is 16.5. The lowest BCUT2D eigenvalue weighted by Crippen LogP contribution is -2.05. The molecule has 30 heavy (non-hydrogen) atoms. The van der Waals surface area contributed by atoms with Crippen LogP contribution < -0.4 is 10.6 Å². The van der Waals surface area contributed by atoms with Crippen molar-refractivity contribution in [3.8, 4) is 0 Å². The molecule has 0 aliphatic rings. The van der Waals surface area contributed by atoms with E-state index in [9.17, 15) is 4.39 Å². The summed E-state index contributed by atoms with van der Waals surface area (Å²) in [6.45, 7) is 0.489. The quantitative estimate of drug-likeness (QED) is 0.359. The van der Waals surface area contributed by atoms with Crippen LogP contribution in [-0.2, 0) is 11.4 Å². The molecular formula is C21H20FN7O. The zero-order chi connectivity index (χ0) is 20.9. The topological polar surface area (TPSA) is 89.2 Å². The van der Waals surface area contributed by atoms with Crippen LogP contribution in [0.2, 0.25) is 0 Å². The van der Waals surface area contributed by atoms with Gasteiger partial charge in [0, 0.05) is 18.1 Å². The van der Waals surface area contributed by atoms with E-state index in [4.69, 9.17) is 4.84 Å². The van der Waals surface area contributed by atoms with E-state index in [1.807, 2.05) is 28.9 Å². The van der Waals surface area contributed by atoms with Crippen LogP contribution in [0.15, 0.2) is 60.1 Å². The first kappa shape index (κ1) is 19.3. The molecule has 0 radical (unpaired) electrons. The highest BCUT2D eigenvalue weighted by molar-refractivity contribution is 5.93. The lowest BCUT2D eigenvalue weighted by Gasteiger charge is -2.11. The summed E-state index contributed by atoms with van der Waals surface area (Å²) in [5.41, 5.74) is 3.30. The van der Waals surface area contributed by atoms with E-state index in [1.165, 1.54) is 25.6 Å². The van der Waals surface area contributed by atoms with Crippen molar-refractivity contribution in [2.24, 2.45) is 5.16 Å². The van der Waals surface area contributed by atoms with Gasteiger partial charge in [0.1, 0.15) is 30.9 Å². The van der Waals surface area contributed by atoms with Crippen molar-refractivity contribution in [3.63, 3.8) is 0 Å². The van der Waals surface area contributed by atoms with Crippen LogP contribution in [0.1, 0.15) is 11.1 Å². The first-order valence-corrected chi connectivity index (χ1v) is 9.24. The van der Waals surface area contributed by atoms with E-state index in [0.29, 0.717) is 23.7 Å². The number of hydrogen-bond acceptors (Lipinski definition) is 7. The second-order valence-corrected chi connectivity index (χ2v) is 6.48. The summed E-state index contributed by atoms with van der Waals surface area (Å²) < 4.78 is 15.3. The minimum atomic E-state index is -0.256. The predicted octanol–water partition coefficient (Wildman–Crippen LogP) is 3.78. The zero-order valence-electron chi connectivity index (χ0n) is 16.5. The van der Waals surface area contributed by atoms with E-state index in [0.717, 1.165) is 22.2 Å². The Hall–Kier alpha value is -4.01. The standard InChI is InChI=1S/C21H20FN7O/c1-23-20-18(11-27-30-2)21(25-13-24-20)28-17-6-7-19-15(9-17)10-26-29(19)12-14-4-3-5-16(22)8-14/h3-11,13H,12H2,1-2H3,(H2,23,24,25,28). The van der Waals surface area contributed by atoms with Gasteiger partial charge in [0.15, 0.2) is 0 Å². The maximum absolute atomic E-state index is 13.5. The summed E-state index contributed by atoms with van der Waals surface area (Å²) in [6, 6.07) is 12.4. The summed E-state index contributed by atoms with van der Waals surface area (Å²) >= 11 is 0. The second kappa shape index (κ2) is 8.56. The molecule has 4 rings (SSSR count). The molecule has 8 nitrogen and oxygen atoms in total. The van der Waals surface area contributed by atoms with Gasteiger partial charge in [-0.3, -0.25) is 4.68 Å². The molecule has 0 aliphatic heterocycles. The number of nitrogens with zero attached hydrogens (tertiary/aromatic N) is 5. The van der Waals surface area contributed by atoms with Crippen molar-refractivity contribution in [1.82, 2.24) is 19.7 Å². The number of anilines is 3. The SMILES string of the molecule is CNc1ncnc(Nc2ccc3c(cnn3Cc3cccc(F)c3)c2)c1C=NOC. The Kier molecular flexibility index (Phi) is 5.51. The normalized spacial score (nSPS) is 11.2. The van der Waals surface area contributed by atoms with Crippen molar-refractivity contribution in [2.75, 3.05) is 24.8 Å². The summed E-state index contributed by atoms with van der Waals surface area (Å²) in [5.74, 6) is 0.952. The number of benzene rings is 2. The Morgan fingerprint density at radius 2 is 2.03 bits per heavy atom. The van der Waals surface area contributed by atoms with Crippen molar-refractivity contribution >= 4 is 34.4 Å². The minimum Gasteiger partial charge on any atom is -0.399 e. The Balaban J connectivity index is 1.62. The first-order chi connectivity index (χ1) is 14.7. The van der Waals surface area contributed by atoms with Gasteiger partial charge in [0.05, 0.1) is 30.0 Å². The third kappa shape index (κ3) is 4.04. The molecule has 2 aromatic heterocycles. The largest absolute Gasteiger partial charge is 0.399 e. The molecule has 4 aromatic rings. The van der Waals surface area contributed by atoms with Crippen molar-refractivity contribution in [2.45, 2.75) is 6.54 Å². The lowest BCUT2D eigenvalue weighted by molar-refractivity contribution is 0.215. The van der Waals surface area contributed by atoms with Gasteiger partial charge in [-0.2, -0.15) is 5.10 Å². The van der Waals surface area contributed by atoms with Crippen molar-refractivity contribution in [3.05, 3.63) is 71.9 Å². The highest BCUT2D eigenvalue weighted by Crippen LogP contribution is 2.25. The average molecular weight is 405 g/mol. The van der Waals surface area contributed by atoms with Crippen molar-refractivity contribution in [1.29, 1.82) is 0 Å². The van der Waals surface area contributed by atoms with E-state index in [2.05, 4.69) is 30.9 Å². The molecule has 0 bridgehead atoms. The summed E-state index contributed by atoms with van der Waals surface area (Å²) in [4.78, 5) is 13.3. The van der Waals surface area contributed by atoms with Crippen LogP contribution in [0.25, 0.3) is 10.9 Å². The van der Waals surface area contributed by atoms with Gasteiger partial charge < -0.3 is 15.5 Å². The van der Waals surface area contributed by atoms with Gasteiger partial charge in [-0.15, -0.1) is 0 Å². The number of fused-ring (bicyclic) bond motifs is 1. The molecule has 9 heteroatoms. The highest BCUT2D eigenvalue weighted by Gasteiger charge is 2.11. The molecule has 2 aromatic carbocycles. The van der Waals surface area contributed by atoms with Gasteiger partial charge in [0.2, 0.25) is 0 Å². The number of halogens is 1.